The summed E-state index contributed by atoms with van der Waals surface area (Å²) < 4.78 is 2.31. The maximum absolute atomic E-state index is 12.4. The van der Waals surface area contributed by atoms with Crippen molar-refractivity contribution < 1.29 is 4.79 Å². The number of nitrogens with zero attached hydrogens (tertiary/aromatic N) is 2. The number of fused-ring (bicyclic) bond motifs is 1. The molecule has 1 aromatic carbocycles. The molecular weight excluding hydrogens is 334 g/mol. The Morgan fingerprint density at radius 1 is 1.07 bits per heavy atom. The Morgan fingerprint density at radius 3 is 2.59 bits per heavy atom. The van der Waals surface area contributed by atoms with Gasteiger partial charge in [0.1, 0.15) is 5.69 Å². The van der Waals surface area contributed by atoms with E-state index in [1.54, 1.807) is 0 Å². The van der Waals surface area contributed by atoms with Gasteiger partial charge in [-0.1, -0.05) is 56.2 Å². The van der Waals surface area contributed by atoms with E-state index in [1.807, 2.05) is 30.3 Å². The van der Waals surface area contributed by atoms with Crippen molar-refractivity contribution >= 4 is 11.5 Å². The van der Waals surface area contributed by atoms with Crippen LogP contribution in [0.2, 0.25) is 0 Å². The van der Waals surface area contributed by atoms with Crippen LogP contribution in [0.5, 0.6) is 0 Å². The summed E-state index contributed by atoms with van der Waals surface area (Å²) in [5.41, 5.74) is 5.27. The molecule has 0 amide bonds. The van der Waals surface area contributed by atoms with E-state index in [-0.39, 0.29) is 12.3 Å². The van der Waals surface area contributed by atoms with Gasteiger partial charge < -0.3 is 5.32 Å². The molecular formula is C23H29N3O. The summed E-state index contributed by atoms with van der Waals surface area (Å²) >= 11 is 0. The quantitative estimate of drug-likeness (QED) is 0.756. The van der Waals surface area contributed by atoms with Crippen LogP contribution in [0.1, 0.15) is 78.3 Å². The zero-order valence-electron chi connectivity index (χ0n) is 16.0. The van der Waals surface area contributed by atoms with Crippen molar-refractivity contribution in [2.24, 2.45) is 0 Å². The largest absolute Gasteiger partial charge is 0.376 e. The lowest BCUT2D eigenvalue weighted by Gasteiger charge is -2.25. The Bertz CT molecular complexity index is 816. The minimum absolute atomic E-state index is 0.0809. The van der Waals surface area contributed by atoms with Crippen molar-refractivity contribution in [1.82, 2.24) is 15.1 Å². The van der Waals surface area contributed by atoms with Gasteiger partial charge in [-0.2, -0.15) is 5.10 Å². The minimum Gasteiger partial charge on any atom is -0.376 e. The van der Waals surface area contributed by atoms with Gasteiger partial charge in [0.15, 0.2) is 5.78 Å². The van der Waals surface area contributed by atoms with Gasteiger partial charge in [0, 0.05) is 16.8 Å². The summed E-state index contributed by atoms with van der Waals surface area (Å²) in [6, 6.07) is 9.96. The summed E-state index contributed by atoms with van der Waals surface area (Å²) in [7, 11) is 0. The molecule has 142 valence electrons. The van der Waals surface area contributed by atoms with E-state index < -0.39 is 0 Å². The predicted molar refractivity (Wildman–Crippen MR) is 109 cm³/mol. The lowest BCUT2D eigenvalue weighted by molar-refractivity contribution is 0.0995. The van der Waals surface area contributed by atoms with Crippen molar-refractivity contribution in [3.63, 3.8) is 0 Å². The molecule has 1 N–H and O–H groups in total. The third-order valence-corrected chi connectivity index (χ3v) is 5.97. The Morgan fingerprint density at radius 2 is 1.81 bits per heavy atom. The van der Waals surface area contributed by atoms with Gasteiger partial charge in [0.25, 0.3) is 0 Å². The normalized spacial score (nSPS) is 17.3. The van der Waals surface area contributed by atoms with E-state index in [0.29, 0.717) is 6.04 Å². The van der Waals surface area contributed by atoms with Crippen LogP contribution >= 0.6 is 0 Å². The van der Waals surface area contributed by atoms with Gasteiger partial charge in [-0.15, -0.1) is 0 Å². The monoisotopic (exact) mass is 363 g/mol. The number of aromatic nitrogens is 2. The number of ketones is 1. The van der Waals surface area contributed by atoms with Crippen molar-refractivity contribution in [2.45, 2.75) is 63.8 Å². The maximum atomic E-state index is 12.4. The lowest BCUT2D eigenvalue weighted by atomic mass is 9.92. The summed E-state index contributed by atoms with van der Waals surface area (Å²) in [5, 5.41) is 8.25. The highest BCUT2D eigenvalue weighted by Crippen LogP contribution is 2.34. The molecule has 1 heterocycles. The van der Waals surface area contributed by atoms with Crippen LogP contribution in [0, 0.1) is 0 Å². The van der Waals surface area contributed by atoms with Crippen molar-refractivity contribution in [2.75, 3.05) is 6.54 Å². The number of hydrogen-bond donors (Lipinski definition) is 1. The molecule has 27 heavy (non-hydrogen) atoms. The number of Topliss-reactive ketones (excluding diaryl/α,β-unsaturated/α-hetero) is 1. The Hall–Kier alpha value is -2.36. The fourth-order valence-electron chi connectivity index (χ4n) is 4.49. The van der Waals surface area contributed by atoms with Crippen LogP contribution < -0.4 is 5.32 Å². The smallest absolute Gasteiger partial charge is 0.181 e. The summed E-state index contributed by atoms with van der Waals surface area (Å²) in [5.74, 6) is 0.0809. The highest BCUT2D eigenvalue weighted by Gasteiger charge is 2.27. The van der Waals surface area contributed by atoms with Gasteiger partial charge in [0.05, 0.1) is 18.3 Å². The van der Waals surface area contributed by atoms with E-state index in [9.17, 15) is 4.79 Å². The molecule has 0 radical (unpaired) electrons. The van der Waals surface area contributed by atoms with Crippen LogP contribution in [0.25, 0.3) is 5.70 Å². The number of rotatable bonds is 6. The van der Waals surface area contributed by atoms with Gasteiger partial charge in [-0.3, -0.25) is 9.48 Å². The molecule has 1 fully saturated rings. The second-order valence-corrected chi connectivity index (χ2v) is 7.84. The first-order valence-corrected chi connectivity index (χ1v) is 10.4. The number of carbonyl (C=O) groups excluding carboxylic acids is 1. The van der Waals surface area contributed by atoms with Gasteiger partial charge in [-0.05, 0) is 38.5 Å². The van der Waals surface area contributed by atoms with Crippen molar-refractivity contribution in [1.29, 1.82) is 0 Å². The molecule has 0 saturated heterocycles. The third kappa shape index (κ3) is 3.85. The maximum Gasteiger partial charge on any atom is 0.181 e. The first-order chi connectivity index (χ1) is 13.2. The molecule has 0 aliphatic heterocycles. The van der Waals surface area contributed by atoms with Gasteiger partial charge in [0.2, 0.25) is 0 Å². The second kappa shape index (κ2) is 8.12. The third-order valence-electron chi connectivity index (χ3n) is 5.97. The molecule has 2 aromatic rings. The van der Waals surface area contributed by atoms with Crippen molar-refractivity contribution in [3.05, 3.63) is 59.4 Å². The number of carbonyl (C=O) groups is 1. The SMILES string of the molecule is C=C(NCC(=O)c1ccccc1)c1nn(C2CCCCC2)c2c1CCCC2. The molecule has 2 aliphatic carbocycles. The first kappa shape index (κ1) is 18.0. The van der Waals surface area contributed by atoms with Crippen LogP contribution in [0.3, 0.4) is 0 Å². The fourth-order valence-corrected chi connectivity index (χ4v) is 4.49. The first-order valence-electron chi connectivity index (χ1n) is 10.4. The topological polar surface area (TPSA) is 46.9 Å². The van der Waals surface area contributed by atoms with Crippen LogP contribution in [0.4, 0.5) is 0 Å². The van der Waals surface area contributed by atoms with E-state index in [1.165, 1.54) is 56.2 Å². The zero-order valence-corrected chi connectivity index (χ0v) is 16.0. The Kier molecular flexibility index (Phi) is 5.42. The highest BCUT2D eigenvalue weighted by atomic mass is 16.1. The fraction of sp³-hybridized carbons (Fsp3) is 0.478. The molecule has 0 bridgehead atoms. The Labute approximate surface area is 161 Å². The molecule has 4 nitrogen and oxygen atoms in total. The van der Waals surface area contributed by atoms with E-state index in [4.69, 9.17) is 5.10 Å². The molecule has 4 heteroatoms. The summed E-state index contributed by atoms with van der Waals surface area (Å²) in [6.07, 6.45) is 11.1. The molecule has 1 aromatic heterocycles. The number of nitrogens with one attached hydrogen (secondary N) is 1. The summed E-state index contributed by atoms with van der Waals surface area (Å²) in [4.78, 5) is 12.4. The van der Waals surface area contributed by atoms with Crippen molar-refractivity contribution in [3.8, 4) is 0 Å². The van der Waals surface area contributed by atoms with Gasteiger partial charge in [-0.25, -0.2) is 0 Å². The molecule has 0 spiro atoms. The van der Waals surface area contributed by atoms with E-state index in [0.717, 1.165) is 29.8 Å². The van der Waals surface area contributed by atoms with Crippen LogP contribution in [0.15, 0.2) is 36.9 Å². The zero-order chi connectivity index (χ0) is 18.6. The minimum atomic E-state index is 0.0809. The number of hydrogen-bond acceptors (Lipinski definition) is 3. The Balaban J connectivity index is 1.51. The van der Waals surface area contributed by atoms with Gasteiger partial charge >= 0.3 is 0 Å². The molecule has 2 aliphatic rings. The second-order valence-electron chi connectivity index (χ2n) is 7.84. The lowest BCUT2D eigenvalue weighted by Crippen LogP contribution is -2.22. The van der Waals surface area contributed by atoms with E-state index >= 15 is 0 Å². The van der Waals surface area contributed by atoms with Crippen LogP contribution in [-0.4, -0.2) is 22.1 Å². The molecule has 0 atom stereocenters. The van der Waals surface area contributed by atoms with E-state index in [2.05, 4.69) is 16.6 Å². The highest BCUT2D eigenvalue weighted by molar-refractivity contribution is 5.98. The standard InChI is InChI=1S/C23H29N3O/c1-17(24-16-22(27)18-10-4-2-5-11-18)23-20-14-8-9-15-21(20)26(25-23)19-12-6-3-7-13-19/h2,4-5,10-11,19,24H,1,3,6-9,12-16H2. The molecule has 0 unspecified atom stereocenters. The average Bonchev–Trinajstić information content (AvgIpc) is 3.13. The molecule has 4 rings (SSSR count). The predicted octanol–water partition coefficient (Wildman–Crippen LogP) is 4.71. The number of benzene rings is 1. The molecule has 1 saturated carbocycles. The summed E-state index contributed by atoms with van der Waals surface area (Å²) in [6.45, 7) is 4.48. The van der Waals surface area contributed by atoms with Crippen LogP contribution in [-0.2, 0) is 12.8 Å². The average molecular weight is 364 g/mol.